The van der Waals surface area contributed by atoms with Crippen molar-refractivity contribution in [2.45, 2.75) is 50.0 Å². The number of aryl methyl sites for hydroxylation is 1. The van der Waals surface area contributed by atoms with E-state index in [4.69, 9.17) is 16.6 Å². The van der Waals surface area contributed by atoms with E-state index in [-0.39, 0.29) is 16.8 Å². The van der Waals surface area contributed by atoms with Crippen LogP contribution < -0.4 is 4.90 Å². The summed E-state index contributed by atoms with van der Waals surface area (Å²) in [6, 6.07) is 10.0. The lowest BCUT2D eigenvalue weighted by atomic mass is 9.96. The Kier molecular flexibility index (Phi) is 8.36. The third-order valence-corrected chi connectivity index (χ3v) is 9.92. The normalized spacial score (nSPS) is 15.2. The largest absolute Gasteiger partial charge is 0.308 e. The monoisotopic (exact) mass is 548 g/mol. The van der Waals surface area contributed by atoms with Gasteiger partial charge >= 0.3 is 0 Å². The highest BCUT2D eigenvalue weighted by atomic mass is 35.5. The molecule has 10 heteroatoms. The van der Waals surface area contributed by atoms with E-state index in [1.165, 1.54) is 27.8 Å². The number of hydrogen-bond donors (Lipinski definition) is 0. The Morgan fingerprint density at radius 3 is 2.36 bits per heavy atom. The molecule has 194 valence electrons. The molecule has 0 spiro atoms. The lowest BCUT2D eigenvalue weighted by Gasteiger charge is -2.30. The average Bonchev–Trinajstić information content (AvgIpc) is 3.28. The van der Waals surface area contributed by atoms with Gasteiger partial charge in [0.1, 0.15) is 0 Å². The van der Waals surface area contributed by atoms with E-state index < -0.39 is 10.0 Å². The highest BCUT2D eigenvalue weighted by Crippen LogP contribution is 2.34. The molecule has 3 aromatic rings. The maximum absolute atomic E-state index is 13.6. The molecular weight excluding hydrogens is 516 g/mol. The average molecular weight is 549 g/mol. The van der Waals surface area contributed by atoms with Crippen LogP contribution in [0.5, 0.6) is 0 Å². The quantitative estimate of drug-likeness (QED) is 0.376. The van der Waals surface area contributed by atoms with Crippen LogP contribution in [0.4, 0.5) is 5.13 Å². The molecule has 2 aromatic carbocycles. The fourth-order valence-corrected chi connectivity index (χ4v) is 7.44. The molecule has 0 radical (unpaired) electrons. The zero-order chi connectivity index (χ0) is 26.0. The van der Waals surface area contributed by atoms with Crippen molar-refractivity contribution in [3.05, 3.63) is 52.5 Å². The van der Waals surface area contributed by atoms with E-state index >= 15 is 0 Å². The van der Waals surface area contributed by atoms with E-state index in [0.717, 1.165) is 47.9 Å². The number of nitrogens with zero attached hydrogens (tertiary/aromatic N) is 4. The molecule has 0 N–H and O–H groups in total. The Hall–Kier alpha value is -2.04. The highest BCUT2D eigenvalue weighted by molar-refractivity contribution is 7.89. The Labute approximate surface area is 222 Å². The first kappa shape index (κ1) is 27.0. The molecule has 1 fully saturated rings. The van der Waals surface area contributed by atoms with E-state index in [9.17, 15) is 13.2 Å². The molecule has 4 rings (SSSR count). The summed E-state index contributed by atoms with van der Waals surface area (Å²) in [4.78, 5) is 22.2. The van der Waals surface area contributed by atoms with Gasteiger partial charge in [-0.25, -0.2) is 13.4 Å². The minimum Gasteiger partial charge on any atom is -0.308 e. The summed E-state index contributed by atoms with van der Waals surface area (Å²) < 4.78 is 28.8. The highest BCUT2D eigenvalue weighted by Gasteiger charge is 2.29. The SMILES string of the molecule is Cc1cc(Cl)cc2sc(N(CCN(C)C)C(=O)c3ccc(S(=O)(=O)N(C)C4CCCCC4)cc3)nc12. The summed E-state index contributed by atoms with van der Waals surface area (Å²) in [5, 5.41) is 1.23. The zero-order valence-electron chi connectivity index (χ0n) is 21.2. The van der Waals surface area contributed by atoms with Gasteiger partial charge in [-0.3, -0.25) is 9.69 Å². The van der Waals surface area contributed by atoms with Gasteiger partial charge in [-0.05, 0) is 75.8 Å². The van der Waals surface area contributed by atoms with Gasteiger partial charge in [-0.1, -0.05) is 42.2 Å². The number of sulfonamides is 1. The molecule has 36 heavy (non-hydrogen) atoms. The summed E-state index contributed by atoms with van der Waals surface area (Å²) in [5.41, 5.74) is 2.20. The van der Waals surface area contributed by atoms with Crippen LogP contribution in [0.1, 0.15) is 48.0 Å². The number of fused-ring (bicyclic) bond motifs is 1. The minimum absolute atomic E-state index is 0.0302. The Balaban J connectivity index is 1.61. The minimum atomic E-state index is -3.62. The van der Waals surface area contributed by atoms with Crippen LogP contribution in [0, 0.1) is 6.92 Å². The van der Waals surface area contributed by atoms with E-state index in [1.54, 1.807) is 24.1 Å². The number of thiazole rings is 1. The molecule has 7 nitrogen and oxygen atoms in total. The van der Waals surface area contributed by atoms with Crippen molar-refractivity contribution >= 4 is 54.2 Å². The van der Waals surface area contributed by atoms with Gasteiger partial charge in [0.15, 0.2) is 5.13 Å². The van der Waals surface area contributed by atoms with Crippen molar-refractivity contribution < 1.29 is 13.2 Å². The van der Waals surface area contributed by atoms with Gasteiger partial charge in [-0.15, -0.1) is 0 Å². The lowest BCUT2D eigenvalue weighted by molar-refractivity contribution is 0.0985. The fraction of sp³-hybridized carbons (Fsp3) is 0.462. The molecule has 1 heterocycles. The van der Waals surface area contributed by atoms with Gasteiger partial charge in [0.05, 0.1) is 15.1 Å². The van der Waals surface area contributed by atoms with Crippen LogP contribution in [0.3, 0.4) is 0 Å². The maximum Gasteiger partial charge on any atom is 0.260 e. The number of halogens is 1. The lowest BCUT2D eigenvalue weighted by Crippen LogP contribution is -2.38. The van der Waals surface area contributed by atoms with E-state index in [2.05, 4.69) is 0 Å². The van der Waals surface area contributed by atoms with Crippen LogP contribution in [0.15, 0.2) is 41.3 Å². The summed E-state index contributed by atoms with van der Waals surface area (Å²) in [5.74, 6) is -0.218. The molecular formula is C26H33ClN4O3S2. The second kappa shape index (κ2) is 11.1. The first-order valence-corrected chi connectivity index (χ1v) is 14.8. The van der Waals surface area contributed by atoms with Crippen LogP contribution in [0.25, 0.3) is 10.2 Å². The number of carbonyl (C=O) groups excluding carboxylic acids is 1. The number of likely N-dealkylation sites (N-methyl/N-ethyl adjacent to an activating group) is 1. The molecule has 1 saturated carbocycles. The first-order valence-electron chi connectivity index (χ1n) is 12.2. The van der Waals surface area contributed by atoms with E-state index in [0.29, 0.717) is 28.8 Å². The van der Waals surface area contributed by atoms with Crippen LogP contribution >= 0.6 is 22.9 Å². The molecule has 0 atom stereocenters. The summed E-state index contributed by atoms with van der Waals surface area (Å²) in [7, 11) is 1.94. The predicted octanol–water partition coefficient (Wildman–Crippen LogP) is 5.42. The second-order valence-electron chi connectivity index (χ2n) is 9.66. The number of amides is 1. The fourth-order valence-electron chi connectivity index (χ4n) is 4.57. The molecule has 1 aliphatic rings. The third-order valence-electron chi connectivity index (χ3n) is 6.75. The van der Waals surface area contributed by atoms with Gasteiger partial charge in [0.2, 0.25) is 10.0 Å². The van der Waals surface area contributed by atoms with Crippen LogP contribution in [-0.2, 0) is 10.0 Å². The number of rotatable bonds is 8. The predicted molar refractivity (Wildman–Crippen MR) is 148 cm³/mol. The van der Waals surface area contributed by atoms with E-state index in [1.807, 2.05) is 38.1 Å². The summed E-state index contributed by atoms with van der Waals surface area (Å²) in [6.07, 6.45) is 5.04. The molecule has 1 aromatic heterocycles. The maximum atomic E-state index is 13.6. The van der Waals surface area contributed by atoms with Crippen LogP contribution in [-0.4, -0.2) is 68.8 Å². The zero-order valence-corrected chi connectivity index (χ0v) is 23.6. The third kappa shape index (κ3) is 5.75. The summed E-state index contributed by atoms with van der Waals surface area (Å²) in [6.45, 7) is 3.05. The molecule has 0 unspecified atom stereocenters. The van der Waals surface area contributed by atoms with Crippen molar-refractivity contribution in [1.82, 2.24) is 14.2 Å². The molecule has 0 saturated heterocycles. The number of carbonyl (C=O) groups is 1. The number of benzene rings is 2. The van der Waals surface area contributed by atoms with Gasteiger partial charge < -0.3 is 4.90 Å². The Bertz CT molecular complexity index is 1330. The van der Waals surface area contributed by atoms with Crippen molar-refractivity contribution in [2.24, 2.45) is 0 Å². The van der Waals surface area contributed by atoms with Crippen molar-refractivity contribution in [1.29, 1.82) is 0 Å². The van der Waals surface area contributed by atoms with Crippen molar-refractivity contribution in [2.75, 3.05) is 39.1 Å². The molecule has 0 bridgehead atoms. The van der Waals surface area contributed by atoms with Crippen molar-refractivity contribution in [3.63, 3.8) is 0 Å². The van der Waals surface area contributed by atoms with Crippen LogP contribution in [0.2, 0.25) is 5.02 Å². The molecule has 1 aliphatic carbocycles. The van der Waals surface area contributed by atoms with Gasteiger partial charge in [0, 0.05) is 36.8 Å². The van der Waals surface area contributed by atoms with Gasteiger partial charge in [-0.2, -0.15) is 4.31 Å². The molecule has 1 amide bonds. The first-order chi connectivity index (χ1) is 17.1. The van der Waals surface area contributed by atoms with Gasteiger partial charge in [0.25, 0.3) is 5.91 Å². The molecule has 0 aliphatic heterocycles. The standard InChI is InChI=1S/C26H33ClN4O3S2/c1-18-16-20(27)17-23-24(18)28-26(35-23)31(15-14-29(2)3)25(32)19-10-12-22(13-11-19)36(33,34)30(4)21-8-6-5-7-9-21/h10-13,16-17,21H,5-9,14-15H2,1-4H3. The van der Waals surface area contributed by atoms with Crippen molar-refractivity contribution in [3.8, 4) is 0 Å². The number of aromatic nitrogens is 1. The number of anilines is 1. The topological polar surface area (TPSA) is 73.8 Å². The second-order valence-corrected chi connectivity index (χ2v) is 13.1. The number of hydrogen-bond acceptors (Lipinski definition) is 6. The summed E-state index contributed by atoms with van der Waals surface area (Å²) >= 11 is 7.66. The smallest absolute Gasteiger partial charge is 0.260 e. The Morgan fingerprint density at radius 1 is 1.06 bits per heavy atom. The Morgan fingerprint density at radius 2 is 1.72 bits per heavy atom.